The minimum atomic E-state index is -0.245. The Morgan fingerprint density at radius 1 is 1.39 bits per heavy atom. The van der Waals surface area contributed by atoms with Crippen LogP contribution in [0.3, 0.4) is 0 Å². The molecule has 1 amide bonds. The second kappa shape index (κ2) is 7.89. The van der Waals surface area contributed by atoms with E-state index in [-0.39, 0.29) is 17.3 Å². The molecule has 2 radical (unpaired) electrons. The van der Waals surface area contributed by atoms with Crippen molar-refractivity contribution in [2.75, 3.05) is 19.7 Å². The number of aryl methyl sites for hydroxylation is 1. The average molecular weight is 313 g/mol. The van der Waals surface area contributed by atoms with Gasteiger partial charge < -0.3 is 9.64 Å². The van der Waals surface area contributed by atoms with Gasteiger partial charge in [-0.3, -0.25) is 0 Å². The highest BCUT2D eigenvalue weighted by atomic mass is 16.6. The zero-order valence-electron chi connectivity index (χ0n) is 14.7. The van der Waals surface area contributed by atoms with Gasteiger partial charge in [0.05, 0.1) is 14.5 Å². The van der Waals surface area contributed by atoms with Crippen LogP contribution >= 0.6 is 0 Å². The molecular weight excluding hydrogens is 285 g/mol. The summed E-state index contributed by atoms with van der Waals surface area (Å²) in [6, 6.07) is 8.39. The van der Waals surface area contributed by atoms with Gasteiger partial charge in [-0.2, -0.15) is 0 Å². The monoisotopic (exact) mass is 313 g/mol. The number of nitrogens with zero attached hydrogens (tertiary/aromatic N) is 1. The largest absolute Gasteiger partial charge is 0.450 e. The molecule has 3 nitrogen and oxygen atoms in total. The van der Waals surface area contributed by atoms with Crippen molar-refractivity contribution < 1.29 is 9.53 Å². The highest BCUT2D eigenvalue weighted by Crippen LogP contribution is 2.50. The van der Waals surface area contributed by atoms with Gasteiger partial charge in [0.2, 0.25) is 0 Å². The lowest BCUT2D eigenvalue weighted by atomic mass is 9.53. The predicted octanol–water partition coefficient (Wildman–Crippen LogP) is 4.46. The van der Waals surface area contributed by atoms with Crippen molar-refractivity contribution in [3.05, 3.63) is 35.4 Å². The molecule has 1 aliphatic rings. The third-order valence-electron chi connectivity index (χ3n) is 5.03. The van der Waals surface area contributed by atoms with E-state index in [1.54, 1.807) is 0 Å². The van der Waals surface area contributed by atoms with Gasteiger partial charge in [0.1, 0.15) is 0 Å². The van der Waals surface area contributed by atoms with Gasteiger partial charge in [0, 0.05) is 13.1 Å². The van der Waals surface area contributed by atoms with Crippen molar-refractivity contribution in [1.82, 2.24) is 4.90 Å². The first kappa shape index (κ1) is 17.9. The van der Waals surface area contributed by atoms with Crippen LogP contribution in [-0.4, -0.2) is 38.5 Å². The second-order valence-corrected chi connectivity index (χ2v) is 6.64. The summed E-state index contributed by atoms with van der Waals surface area (Å²) in [5.41, 5.74) is 2.51. The van der Waals surface area contributed by atoms with Crippen LogP contribution in [0.4, 0.5) is 4.79 Å². The van der Waals surface area contributed by atoms with Crippen molar-refractivity contribution >= 4 is 13.9 Å². The lowest BCUT2D eigenvalue weighted by Gasteiger charge is -2.47. The van der Waals surface area contributed by atoms with E-state index in [1.807, 2.05) is 11.8 Å². The van der Waals surface area contributed by atoms with E-state index in [4.69, 9.17) is 12.6 Å². The minimum absolute atomic E-state index is 0.161. The molecule has 2 atom stereocenters. The van der Waals surface area contributed by atoms with E-state index < -0.39 is 0 Å². The van der Waals surface area contributed by atoms with Crippen LogP contribution < -0.4 is 0 Å². The SMILES string of the molecule is [B][C@]1(CCCC)CCN(C(=O)OCC)C[C@H]1c1ccccc1C. The number of rotatable bonds is 5. The summed E-state index contributed by atoms with van der Waals surface area (Å²) < 4.78 is 5.19. The topological polar surface area (TPSA) is 29.5 Å². The number of hydrogen-bond donors (Lipinski definition) is 0. The Kier molecular flexibility index (Phi) is 6.14. The summed E-state index contributed by atoms with van der Waals surface area (Å²) >= 11 is 0. The van der Waals surface area contributed by atoms with Crippen LogP contribution in [0.25, 0.3) is 0 Å². The fourth-order valence-electron chi connectivity index (χ4n) is 3.58. The number of likely N-dealkylation sites (tertiary alicyclic amines) is 1. The smallest absolute Gasteiger partial charge is 0.409 e. The lowest BCUT2D eigenvalue weighted by molar-refractivity contribution is 0.0863. The molecule has 1 aliphatic heterocycles. The summed E-state index contributed by atoms with van der Waals surface area (Å²) in [6.45, 7) is 7.90. The van der Waals surface area contributed by atoms with Gasteiger partial charge in [-0.25, -0.2) is 4.79 Å². The third-order valence-corrected chi connectivity index (χ3v) is 5.03. The Labute approximate surface area is 141 Å². The summed E-state index contributed by atoms with van der Waals surface area (Å²) in [7, 11) is 6.85. The standard InChI is InChI=1S/C19H28BNO2/c1-4-6-11-19(20)12-13-21(18(22)23-5-2)14-17(19)16-10-8-7-9-15(16)3/h7-10,17H,4-6,11-14H2,1-3H3/t17-,19+/m0/s1. The summed E-state index contributed by atoms with van der Waals surface area (Å²) in [5.74, 6) is 0.161. The Bertz CT molecular complexity index is 534. The number of carbonyl (C=O) groups is 1. The molecule has 4 heteroatoms. The molecule has 0 unspecified atom stereocenters. The van der Waals surface area contributed by atoms with Gasteiger partial charge in [-0.05, 0) is 37.3 Å². The summed E-state index contributed by atoms with van der Waals surface area (Å²) in [5, 5.41) is -0.245. The van der Waals surface area contributed by atoms with E-state index in [0.29, 0.717) is 19.7 Å². The van der Waals surface area contributed by atoms with Crippen LogP contribution in [0.15, 0.2) is 24.3 Å². The maximum absolute atomic E-state index is 12.1. The number of piperidine rings is 1. The molecule has 0 spiro atoms. The quantitative estimate of drug-likeness (QED) is 0.751. The fraction of sp³-hybridized carbons (Fsp3) is 0.632. The highest BCUT2D eigenvalue weighted by Gasteiger charge is 2.41. The van der Waals surface area contributed by atoms with Crippen LogP contribution in [0, 0.1) is 6.92 Å². The molecule has 0 N–H and O–H groups in total. The lowest BCUT2D eigenvalue weighted by Crippen LogP contribution is -2.46. The van der Waals surface area contributed by atoms with Crippen LogP contribution in [0.1, 0.15) is 56.6 Å². The van der Waals surface area contributed by atoms with Crippen LogP contribution in [0.5, 0.6) is 0 Å². The Morgan fingerprint density at radius 2 is 2.13 bits per heavy atom. The van der Waals surface area contributed by atoms with Gasteiger partial charge >= 0.3 is 6.09 Å². The van der Waals surface area contributed by atoms with Crippen LogP contribution in [-0.2, 0) is 4.74 Å². The zero-order chi connectivity index (χ0) is 16.9. The summed E-state index contributed by atoms with van der Waals surface area (Å²) in [4.78, 5) is 14.0. The van der Waals surface area contributed by atoms with Crippen molar-refractivity contribution in [3.8, 4) is 0 Å². The number of amides is 1. The maximum Gasteiger partial charge on any atom is 0.409 e. The van der Waals surface area contributed by atoms with E-state index >= 15 is 0 Å². The number of carbonyl (C=O) groups excluding carboxylic acids is 1. The number of benzene rings is 1. The van der Waals surface area contributed by atoms with E-state index in [0.717, 1.165) is 25.7 Å². The van der Waals surface area contributed by atoms with Crippen molar-refractivity contribution in [2.45, 2.75) is 57.7 Å². The molecule has 23 heavy (non-hydrogen) atoms. The molecule has 124 valence electrons. The van der Waals surface area contributed by atoms with E-state index in [9.17, 15) is 4.79 Å². The minimum Gasteiger partial charge on any atom is -0.450 e. The Hall–Kier alpha value is -1.45. The fourth-order valence-corrected chi connectivity index (χ4v) is 3.58. The molecule has 2 rings (SSSR count). The van der Waals surface area contributed by atoms with Crippen molar-refractivity contribution in [1.29, 1.82) is 0 Å². The predicted molar refractivity (Wildman–Crippen MR) is 95.1 cm³/mol. The normalized spacial score (nSPS) is 24.5. The number of unbranched alkanes of at least 4 members (excludes halogenated alkanes) is 1. The molecule has 0 bridgehead atoms. The molecule has 0 aliphatic carbocycles. The van der Waals surface area contributed by atoms with E-state index in [2.05, 4.69) is 38.1 Å². The highest BCUT2D eigenvalue weighted by molar-refractivity contribution is 6.16. The summed E-state index contributed by atoms with van der Waals surface area (Å²) in [6.07, 6.45) is 3.87. The number of hydrogen-bond acceptors (Lipinski definition) is 2. The first-order valence-corrected chi connectivity index (χ1v) is 8.78. The zero-order valence-corrected chi connectivity index (χ0v) is 14.7. The van der Waals surface area contributed by atoms with E-state index in [1.165, 1.54) is 11.1 Å². The van der Waals surface area contributed by atoms with Crippen molar-refractivity contribution in [3.63, 3.8) is 0 Å². The first-order valence-electron chi connectivity index (χ1n) is 8.78. The molecule has 1 aromatic carbocycles. The molecule has 0 aromatic heterocycles. The van der Waals surface area contributed by atoms with Gasteiger partial charge in [-0.1, -0.05) is 55.8 Å². The first-order chi connectivity index (χ1) is 11.0. The Balaban J connectivity index is 2.28. The average Bonchev–Trinajstić information content (AvgIpc) is 2.54. The molecule has 0 saturated carbocycles. The van der Waals surface area contributed by atoms with Crippen molar-refractivity contribution in [2.24, 2.45) is 0 Å². The maximum atomic E-state index is 12.1. The van der Waals surface area contributed by atoms with Gasteiger partial charge in [0.25, 0.3) is 0 Å². The molecular formula is C19H28BNO2. The third kappa shape index (κ3) is 4.10. The Morgan fingerprint density at radius 3 is 2.78 bits per heavy atom. The van der Waals surface area contributed by atoms with Crippen LogP contribution in [0.2, 0.25) is 5.31 Å². The van der Waals surface area contributed by atoms with Gasteiger partial charge in [-0.15, -0.1) is 0 Å². The second-order valence-electron chi connectivity index (χ2n) is 6.64. The molecule has 1 aromatic rings. The molecule has 1 saturated heterocycles. The van der Waals surface area contributed by atoms with Gasteiger partial charge in [0.15, 0.2) is 0 Å². The molecule has 1 fully saturated rings. The number of ether oxygens (including phenoxy) is 1. The molecule has 1 heterocycles.